The van der Waals surface area contributed by atoms with E-state index in [0.29, 0.717) is 17.9 Å². The maximum atomic E-state index is 11.7. The molecular formula is C13H15N3O2. The highest BCUT2D eigenvalue weighted by Gasteiger charge is 2.14. The molecule has 0 spiro atoms. The Hall–Kier alpha value is -2.30. The molecule has 1 aromatic heterocycles. The minimum absolute atomic E-state index is 0.326. The quantitative estimate of drug-likeness (QED) is 0.662. The Balaban J connectivity index is 2.49. The van der Waals surface area contributed by atoms with Crippen LogP contribution in [0.1, 0.15) is 23.1 Å². The molecule has 2 rings (SSSR count). The van der Waals surface area contributed by atoms with Gasteiger partial charge in [0, 0.05) is 12.4 Å². The van der Waals surface area contributed by atoms with Crippen LogP contribution in [0.25, 0.3) is 5.69 Å². The minimum atomic E-state index is -0.408. The lowest BCUT2D eigenvalue weighted by Gasteiger charge is -2.12. The molecule has 0 amide bonds. The number of ether oxygens (including phenoxy) is 1. The Morgan fingerprint density at radius 2 is 2.28 bits per heavy atom. The van der Waals surface area contributed by atoms with Gasteiger partial charge in [-0.1, -0.05) is 6.07 Å². The molecule has 0 atom stereocenters. The maximum Gasteiger partial charge on any atom is 0.340 e. The maximum absolute atomic E-state index is 11.7. The van der Waals surface area contributed by atoms with Crippen LogP contribution in [0.4, 0.5) is 5.69 Å². The minimum Gasteiger partial charge on any atom is -0.462 e. The summed E-state index contributed by atoms with van der Waals surface area (Å²) >= 11 is 0. The van der Waals surface area contributed by atoms with Crippen LogP contribution in [0.2, 0.25) is 0 Å². The van der Waals surface area contributed by atoms with Gasteiger partial charge in [-0.15, -0.1) is 0 Å². The molecule has 2 aromatic rings. The number of anilines is 1. The van der Waals surface area contributed by atoms with Gasteiger partial charge in [-0.05, 0) is 26.0 Å². The zero-order valence-electron chi connectivity index (χ0n) is 10.4. The lowest BCUT2D eigenvalue weighted by molar-refractivity contribution is 0.0527. The average molecular weight is 245 g/mol. The summed E-state index contributed by atoms with van der Waals surface area (Å²) in [7, 11) is 0. The zero-order valence-corrected chi connectivity index (χ0v) is 10.4. The van der Waals surface area contributed by atoms with Crippen molar-refractivity contribution in [2.45, 2.75) is 13.8 Å². The van der Waals surface area contributed by atoms with Gasteiger partial charge in [0.05, 0.1) is 23.5 Å². The number of rotatable bonds is 3. The summed E-state index contributed by atoms with van der Waals surface area (Å²) in [5, 5.41) is 0. The van der Waals surface area contributed by atoms with Crippen molar-refractivity contribution in [3.8, 4) is 5.69 Å². The first-order chi connectivity index (χ1) is 8.65. The number of carbonyl (C=O) groups is 1. The normalized spacial score (nSPS) is 10.3. The Morgan fingerprint density at radius 3 is 2.89 bits per heavy atom. The van der Waals surface area contributed by atoms with E-state index >= 15 is 0 Å². The number of esters is 1. The molecular weight excluding hydrogens is 230 g/mol. The number of para-hydroxylation sites is 1. The number of imidazole rings is 1. The zero-order chi connectivity index (χ0) is 13.1. The molecule has 18 heavy (non-hydrogen) atoms. The summed E-state index contributed by atoms with van der Waals surface area (Å²) in [4.78, 5) is 15.9. The topological polar surface area (TPSA) is 70.1 Å². The van der Waals surface area contributed by atoms with Crippen LogP contribution < -0.4 is 5.73 Å². The highest BCUT2D eigenvalue weighted by molar-refractivity contribution is 5.97. The second-order valence-corrected chi connectivity index (χ2v) is 3.80. The lowest BCUT2D eigenvalue weighted by Crippen LogP contribution is -2.10. The third kappa shape index (κ3) is 2.07. The largest absolute Gasteiger partial charge is 0.462 e. The summed E-state index contributed by atoms with van der Waals surface area (Å²) in [6.45, 7) is 3.96. The van der Waals surface area contributed by atoms with Crippen LogP contribution in [-0.4, -0.2) is 22.1 Å². The molecule has 5 heteroatoms. The van der Waals surface area contributed by atoms with Crippen molar-refractivity contribution in [1.29, 1.82) is 0 Å². The molecule has 0 aliphatic carbocycles. The van der Waals surface area contributed by atoms with Gasteiger partial charge in [0.25, 0.3) is 0 Å². The van der Waals surface area contributed by atoms with Crippen LogP contribution >= 0.6 is 0 Å². The van der Waals surface area contributed by atoms with Crippen molar-refractivity contribution >= 4 is 11.7 Å². The Labute approximate surface area is 105 Å². The van der Waals surface area contributed by atoms with Crippen molar-refractivity contribution in [1.82, 2.24) is 9.55 Å². The van der Waals surface area contributed by atoms with Gasteiger partial charge in [-0.2, -0.15) is 0 Å². The lowest BCUT2D eigenvalue weighted by atomic mass is 10.1. The van der Waals surface area contributed by atoms with Gasteiger partial charge < -0.3 is 15.0 Å². The van der Waals surface area contributed by atoms with Crippen LogP contribution in [0.15, 0.2) is 30.6 Å². The molecule has 1 aromatic carbocycles. The van der Waals surface area contributed by atoms with E-state index in [1.807, 2.05) is 17.6 Å². The SMILES string of the molecule is CCOC(=O)c1cccc(-n2ccnc2C)c1N. The van der Waals surface area contributed by atoms with Gasteiger partial charge in [0.2, 0.25) is 0 Å². The fourth-order valence-electron chi connectivity index (χ4n) is 1.78. The van der Waals surface area contributed by atoms with E-state index < -0.39 is 5.97 Å². The van der Waals surface area contributed by atoms with E-state index in [1.165, 1.54) is 0 Å². The number of hydrogen-bond acceptors (Lipinski definition) is 4. The monoisotopic (exact) mass is 245 g/mol. The molecule has 0 radical (unpaired) electrons. The molecule has 0 aliphatic rings. The number of nitrogens with zero attached hydrogens (tertiary/aromatic N) is 2. The third-order valence-corrected chi connectivity index (χ3v) is 2.66. The number of nitrogens with two attached hydrogens (primary N) is 1. The summed E-state index contributed by atoms with van der Waals surface area (Å²) in [5.41, 5.74) is 7.53. The van der Waals surface area contributed by atoms with Crippen LogP contribution in [0.3, 0.4) is 0 Å². The van der Waals surface area contributed by atoms with Crippen LogP contribution in [0.5, 0.6) is 0 Å². The summed E-state index contributed by atoms with van der Waals surface area (Å²) in [6.07, 6.45) is 3.49. The van der Waals surface area contributed by atoms with E-state index in [0.717, 1.165) is 11.5 Å². The number of nitrogen functional groups attached to an aromatic ring is 1. The van der Waals surface area contributed by atoms with Crippen molar-refractivity contribution in [3.63, 3.8) is 0 Å². The van der Waals surface area contributed by atoms with E-state index in [2.05, 4.69) is 4.98 Å². The molecule has 0 saturated heterocycles. The molecule has 0 fully saturated rings. The Morgan fingerprint density at radius 1 is 1.50 bits per heavy atom. The number of carbonyl (C=O) groups excluding carboxylic acids is 1. The first-order valence-corrected chi connectivity index (χ1v) is 5.71. The van der Waals surface area contributed by atoms with Crippen molar-refractivity contribution in [2.75, 3.05) is 12.3 Å². The van der Waals surface area contributed by atoms with Gasteiger partial charge in [-0.25, -0.2) is 9.78 Å². The highest BCUT2D eigenvalue weighted by atomic mass is 16.5. The number of benzene rings is 1. The molecule has 0 aliphatic heterocycles. The van der Waals surface area contributed by atoms with Crippen LogP contribution in [0, 0.1) is 6.92 Å². The molecule has 2 N–H and O–H groups in total. The van der Waals surface area contributed by atoms with Gasteiger partial charge in [0.1, 0.15) is 5.82 Å². The van der Waals surface area contributed by atoms with E-state index in [4.69, 9.17) is 10.5 Å². The van der Waals surface area contributed by atoms with Crippen LogP contribution in [-0.2, 0) is 4.74 Å². The summed E-state index contributed by atoms with van der Waals surface area (Å²) < 4.78 is 6.80. The third-order valence-electron chi connectivity index (χ3n) is 2.66. The Bertz CT molecular complexity index is 575. The second kappa shape index (κ2) is 4.91. The number of aryl methyl sites for hydroxylation is 1. The molecule has 1 heterocycles. The number of aromatic nitrogens is 2. The summed E-state index contributed by atoms with van der Waals surface area (Å²) in [5.74, 6) is 0.400. The van der Waals surface area contributed by atoms with E-state index in [1.54, 1.807) is 31.5 Å². The van der Waals surface area contributed by atoms with E-state index in [9.17, 15) is 4.79 Å². The molecule has 0 bridgehead atoms. The predicted molar refractivity (Wildman–Crippen MR) is 68.7 cm³/mol. The molecule has 94 valence electrons. The highest BCUT2D eigenvalue weighted by Crippen LogP contribution is 2.23. The first kappa shape index (κ1) is 12.2. The van der Waals surface area contributed by atoms with Crippen molar-refractivity contribution in [3.05, 3.63) is 42.0 Å². The molecule has 5 nitrogen and oxygen atoms in total. The van der Waals surface area contributed by atoms with Crippen molar-refractivity contribution < 1.29 is 9.53 Å². The smallest absolute Gasteiger partial charge is 0.340 e. The second-order valence-electron chi connectivity index (χ2n) is 3.80. The first-order valence-electron chi connectivity index (χ1n) is 5.71. The Kier molecular flexibility index (Phi) is 3.32. The standard InChI is InChI=1S/C13H15N3O2/c1-3-18-13(17)10-5-4-6-11(12(10)14)16-8-7-15-9(16)2/h4-8H,3,14H2,1-2H3. The van der Waals surface area contributed by atoms with Gasteiger partial charge in [0.15, 0.2) is 0 Å². The predicted octanol–water partition coefficient (Wildman–Crippen LogP) is 1.94. The van der Waals surface area contributed by atoms with Gasteiger partial charge in [-0.3, -0.25) is 0 Å². The number of hydrogen-bond donors (Lipinski definition) is 1. The molecule has 0 saturated carbocycles. The molecule has 0 unspecified atom stereocenters. The average Bonchev–Trinajstić information content (AvgIpc) is 2.76. The fraction of sp³-hybridized carbons (Fsp3) is 0.231. The van der Waals surface area contributed by atoms with Crippen molar-refractivity contribution in [2.24, 2.45) is 0 Å². The fourth-order valence-corrected chi connectivity index (χ4v) is 1.78. The summed E-state index contributed by atoms with van der Waals surface area (Å²) in [6, 6.07) is 5.27. The van der Waals surface area contributed by atoms with Gasteiger partial charge >= 0.3 is 5.97 Å². The van der Waals surface area contributed by atoms with E-state index in [-0.39, 0.29) is 0 Å².